The number of phenolic OH excluding ortho intramolecular Hbond substituents is 1. The molecule has 0 saturated carbocycles. The predicted molar refractivity (Wildman–Crippen MR) is 111 cm³/mol. The van der Waals surface area contributed by atoms with Gasteiger partial charge < -0.3 is 10.4 Å². The second-order valence-electron chi connectivity index (χ2n) is 6.74. The number of aryl methyl sites for hydroxylation is 1. The lowest BCUT2D eigenvalue weighted by atomic mass is 9.94. The third-order valence-electron chi connectivity index (χ3n) is 4.97. The Morgan fingerprint density at radius 2 is 1.56 bits per heavy atom. The van der Waals surface area contributed by atoms with Gasteiger partial charge in [-0.05, 0) is 46.7 Å². The van der Waals surface area contributed by atoms with E-state index in [0.29, 0.717) is 18.8 Å². The van der Waals surface area contributed by atoms with E-state index in [1.807, 2.05) is 30.6 Å². The Morgan fingerprint density at radius 3 is 2.41 bits per heavy atom. The molecule has 4 aromatic rings. The summed E-state index contributed by atoms with van der Waals surface area (Å²) in [6.07, 6.45) is 3.79. The van der Waals surface area contributed by atoms with Gasteiger partial charge in [-0.1, -0.05) is 54.6 Å². The topological polar surface area (TPSA) is 45.1 Å². The van der Waals surface area contributed by atoms with Crippen LogP contribution < -0.4 is 5.32 Å². The second kappa shape index (κ2) is 7.60. The van der Waals surface area contributed by atoms with E-state index < -0.39 is 0 Å². The van der Waals surface area contributed by atoms with Gasteiger partial charge in [0.2, 0.25) is 0 Å². The van der Waals surface area contributed by atoms with Crippen molar-refractivity contribution < 1.29 is 5.11 Å². The first kappa shape index (κ1) is 17.3. The van der Waals surface area contributed by atoms with Crippen LogP contribution in [-0.4, -0.2) is 10.1 Å². The first-order valence-electron chi connectivity index (χ1n) is 9.13. The number of benzene rings is 3. The van der Waals surface area contributed by atoms with E-state index in [9.17, 15) is 5.11 Å². The van der Waals surface area contributed by atoms with Crippen molar-refractivity contribution in [3.63, 3.8) is 0 Å². The zero-order chi connectivity index (χ0) is 18.6. The smallest absolute Gasteiger partial charge is 0.120 e. The Morgan fingerprint density at radius 1 is 0.778 bits per heavy atom. The molecule has 0 fully saturated rings. The van der Waals surface area contributed by atoms with E-state index in [1.165, 1.54) is 27.6 Å². The molecule has 0 radical (unpaired) electrons. The quantitative estimate of drug-likeness (QED) is 0.517. The molecule has 3 heteroatoms. The lowest BCUT2D eigenvalue weighted by Crippen LogP contribution is -2.13. The van der Waals surface area contributed by atoms with Gasteiger partial charge >= 0.3 is 0 Å². The summed E-state index contributed by atoms with van der Waals surface area (Å²) in [7, 11) is 0. The molecular formula is C24H22N2O. The fourth-order valence-electron chi connectivity index (χ4n) is 3.50. The van der Waals surface area contributed by atoms with E-state index in [4.69, 9.17) is 0 Å². The third kappa shape index (κ3) is 3.55. The minimum Gasteiger partial charge on any atom is -0.508 e. The molecule has 134 valence electrons. The minimum atomic E-state index is 0.325. The molecule has 0 aliphatic heterocycles. The van der Waals surface area contributed by atoms with Crippen LogP contribution in [0.2, 0.25) is 0 Å². The van der Waals surface area contributed by atoms with Crippen LogP contribution in [0.3, 0.4) is 0 Å². The number of hydrogen-bond donors (Lipinski definition) is 2. The molecular weight excluding hydrogens is 332 g/mol. The first-order chi connectivity index (χ1) is 13.2. The summed E-state index contributed by atoms with van der Waals surface area (Å²) in [6, 6.07) is 22.3. The van der Waals surface area contributed by atoms with Crippen LogP contribution in [0, 0.1) is 6.92 Å². The first-order valence-corrected chi connectivity index (χ1v) is 9.13. The van der Waals surface area contributed by atoms with E-state index >= 15 is 0 Å². The third-order valence-corrected chi connectivity index (χ3v) is 4.97. The van der Waals surface area contributed by atoms with Gasteiger partial charge in [-0.2, -0.15) is 0 Å². The highest BCUT2D eigenvalue weighted by molar-refractivity contribution is 5.98. The second-order valence-corrected chi connectivity index (χ2v) is 6.74. The SMILES string of the molecule is Cc1ccccc1-c1ccc(CNCc2ccccc2O)c2cnccc12. The molecule has 27 heavy (non-hydrogen) atoms. The fraction of sp³-hybridized carbons (Fsp3) is 0.125. The average Bonchev–Trinajstić information content (AvgIpc) is 2.70. The predicted octanol–water partition coefficient (Wildman–Crippen LogP) is 5.21. The number of pyridine rings is 1. The maximum atomic E-state index is 9.92. The van der Waals surface area contributed by atoms with Crippen molar-refractivity contribution in [3.05, 3.63) is 95.8 Å². The average molecular weight is 354 g/mol. The Hall–Kier alpha value is -3.17. The number of nitrogens with zero attached hydrogens (tertiary/aromatic N) is 1. The van der Waals surface area contributed by atoms with Crippen LogP contribution in [0.1, 0.15) is 16.7 Å². The van der Waals surface area contributed by atoms with Crippen molar-refractivity contribution in [3.8, 4) is 16.9 Å². The van der Waals surface area contributed by atoms with Crippen molar-refractivity contribution in [1.82, 2.24) is 10.3 Å². The van der Waals surface area contributed by atoms with E-state index in [0.717, 1.165) is 10.9 Å². The Bertz CT molecular complexity index is 1090. The van der Waals surface area contributed by atoms with Gasteiger partial charge in [-0.15, -0.1) is 0 Å². The maximum absolute atomic E-state index is 9.92. The highest BCUT2D eigenvalue weighted by Gasteiger charge is 2.10. The van der Waals surface area contributed by atoms with Gasteiger partial charge in [0, 0.05) is 36.4 Å². The molecule has 0 saturated heterocycles. The minimum absolute atomic E-state index is 0.325. The van der Waals surface area contributed by atoms with Gasteiger partial charge in [-0.3, -0.25) is 4.98 Å². The molecule has 0 unspecified atom stereocenters. The summed E-state index contributed by atoms with van der Waals surface area (Å²) in [5.41, 5.74) is 5.85. The number of rotatable bonds is 5. The lowest BCUT2D eigenvalue weighted by Gasteiger charge is -2.14. The number of fused-ring (bicyclic) bond motifs is 1. The molecule has 1 aromatic heterocycles. The Labute approximate surface area is 159 Å². The van der Waals surface area contributed by atoms with Crippen LogP contribution in [0.15, 0.2) is 79.1 Å². The molecule has 0 aliphatic rings. The number of para-hydroxylation sites is 1. The number of phenols is 1. The summed E-state index contributed by atoms with van der Waals surface area (Å²) in [6.45, 7) is 3.47. The highest BCUT2D eigenvalue weighted by atomic mass is 16.3. The van der Waals surface area contributed by atoms with Crippen LogP contribution in [-0.2, 0) is 13.1 Å². The lowest BCUT2D eigenvalue weighted by molar-refractivity contribution is 0.464. The zero-order valence-electron chi connectivity index (χ0n) is 15.3. The number of aromatic hydroxyl groups is 1. The van der Waals surface area contributed by atoms with Gasteiger partial charge in [-0.25, -0.2) is 0 Å². The highest BCUT2D eigenvalue weighted by Crippen LogP contribution is 2.32. The molecule has 0 atom stereocenters. The molecule has 2 N–H and O–H groups in total. The standard InChI is InChI=1S/C24H22N2O/c1-17-6-2-4-8-20(17)21-11-10-18(23-16-25-13-12-22(21)23)14-26-15-19-7-3-5-9-24(19)27/h2-13,16,26-27H,14-15H2,1H3. The maximum Gasteiger partial charge on any atom is 0.120 e. The van der Waals surface area contributed by atoms with Gasteiger partial charge in [0.05, 0.1) is 0 Å². The summed E-state index contributed by atoms with van der Waals surface area (Å²) >= 11 is 0. The molecule has 0 amide bonds. The molecule has 0 bridgehead atoms. The van der Waals surface area contributed by atoms with Gasteiger partial charge in [0.1, 0.15) is 5.75 Å². The Kier molecular flexibility index (Phi) is 4.86. The largest absolute Gasteiger partial charge is 0.508 e. The van der Waals surface area contributed by atoms with E-state index in [2.05, 4.69) is 59.7 Å². The van der Waals surface area contributed by atoms with Crippen molar-refractivity contribution >= 4 is 10.8 Å². The van der Waals surface area contributed by atoms with E-state index in [1.54, 1.807) is 6.07 Å². The van der Waals surface area contributed by atoms with Crippen molar-refractivity contribution in [1.29, 1.82) is 0 Å². The summed E-state index contributed by atoms with van der Waals surface area (Å²) < 4.78 is 0. The molecule has 3 aromatic carbocycles. The number of aromatic nitrogens is 1. The summed E-state index contributed by atoms with van der Waals surface area (Å²) in [5, 5.41) is 15.7. The normalized spacial score (nSPS) is 11.0. The number of hydrogen-bond acceptors (Lipinski definition) is 3. The monoisotopic (exact) mass is 354 g/mol. The molecule has 0 aliphatic carbocycles. The van der Waals surface area contributed by atoms with Crippen molar-refractivity contribution in [2.24, 2.45) is 0 Å². The number of nitrogens with one attached hydrogen (secondary N) is 1. The molecule has 1 heterocycles. The summed E-state index contributed by atoms with van der Waals surface area (Å²) in [5.74, 6) is 0.325. The van der Waals surface area contributed by atoms with Gasteiger partial charge in [0.15, 0.2) is 0 Å². The molecule has 0 spiro atoms. The van der Waals surface area contributed by atoms with Gasteiger partial charge in [0.25, 0.3) is 0 Å². The van der Waals surface area contributed by atoms with Crippen LogP contribution in [0.4, 0.5) is 0 Å². The summed E-state index contributed by atoms with van der Waals surface area (Å²) in [4.78, 5) is 4.34. The van der Waals surface area contributed by atoms with Crippen LogP contribution in [0.25, 0.3) is 21.9 Å². The van der Waals surface area contributed by atoms with Crippen molar-refractivity contribution in [2.75, 3.05) is 0 Å². The van der Waals surface area contributed by atoms with Crippen LogP contribution >= 0.6 is 0 Å². The fourth-order valence-corrected chi connectivity index (χ4v) is 3.50. The molecule has 3 nitrogen and oxygen atoms in total. The van der Waals surface area contributed by atoms with E-state index in [-0.39, 0.29) is 0 Å². The zero-order valence-corrected chi connectivity index (χ0v) is 15.3. The Balaban J connectivity index is 1.64. The van der Waals surface area contributed by atoms with Crippen LogP contribution in [0.5, 0.6) is 5.75 Å². The van der Waals surface area contributed by atoms with Crippen molar-refractivity contribution in [2.45, 2.75) is 20.0 Å². The molecule has 4 rings (SSSR count).